The van der Waals surface area contributed by atoms with Gasteiger partial charge in [-0.05, 0) is 44.5 Å². The van der Waals surface area contributed by atoms with Crippen molar-refractivity contribution in [1.29, 1.82) is 0 Å². The molecule has 1 aliphatic rings. The quantitative estimate of drug-likeness (QED) is 0.284. The average Bonchev–Trinajstić information content (AvgIpc) is 3.16. The van der Waals surface area contributed by atoms with Crippen molar-refractivity contribution in [2.75, 3.05) is 36.4 Å². The maximum Gasteiger partial charge on any atom is 0.227 e. The van der Waals surface area contributed by atoms with Crippen LogP contribution in [0.15, 0.2) is 41.5 Å². The van der Waals surface area contributed by atoms with E-state index in [0.717, 1.165) is 18.7 Å². The zero-order chi connectivity index (χ0) is 21.3. The van der Waals surface area contributed by atoms with Gasteiger partial charge in [0, 0.05) is 44.0 Å². The molecular weight excluding hydrogens is 512 g/mol. The van der Waals surface area contributed by atoms with Gasteiger partial charge in [-0.25, -0.2) is 14.4 Å². The number of nitrogens with one attached hydrogen (secondary N) is 3. The normalized spacial score (nSPS) is 15.9. The molecule has 0 aliphatic carbocycles. The second-order valence-electron chi connectivity index (χ2n) is 7.11. The number of pyridine rings is 2. The number of halogens is 2. The number of aromatic nitrogens is 2. The Hall–Kier alpha value is -2.50. The van der Waals surface area contributed by atoms with Crippen LogP contribution in [0.5, 0.6) is 0 Å². The summed E-state index contributed by atoms with van der Waals surface area (Å²) < 4.78 is 14.0. The number of hydrogen-bond acceptors (Lipinski definition) is 5. The van der Waals surface area contributed by atoms with Crippen molar-refractivity contribution < 1.29 is 9.18 Å². The minimum absolute atomic E-state index is 0. The summed E-state index contributed by atoms with van der Waals surface area (Å²) in [5, 5.41) is 9.34. The zero-order valence-electron chi connectivity index (χ0n) is 17.8. The number of amides is 1. The molecular formula is C21H29FIN7O. The number of anilines is 2. The fraction of sp³-hybridized carbons (Fsp3) is 0.429. The van der Waals surface area contributed by atoms with Crippen LogP contribution in [0.1, 0.15) is 25.5 Å². The monoisotopic (exact) mass is 541 g/mol. The Bertz CT molecular complexity index is 896. The standard InChI is InChI=1S/C21H28FN7O.HI/c1-3-23-21(25-12-9-19(30)28-18-8-4-6-15(2)26-18)27-16-10-13-29(14-16)20-17(22)7-5-11-24-20;/h4-8,11,16H,3,9-10,12-14H2,1-2H3,(H2,23,25,27)(H,26,28,30);1H. The molecule has 0 aromatic carbocycles. The van der Waals surface area contributed by atoms with Gasteiger partial charge in [0.1, 0.15) is 5.82 Å². The Morgan fingerprint density at radius 2 is 2.16 bits per heavy atom. The van der Waals surface area contributed by atoms with Crippen LogP contribution in [0.3, 0.4) is 0 Å². The summed E-state index contributed by atoms with van der Waals surface area (Å²) in [5.41, 5.74) is 0.848. The zero-order valence-corrected chi connectivity index (χ0v) is 20.1. The van der Waals surface area contributed by atoms with Crippen molar-refractivity contribution in [3.8, 4) is 0 Å². The van der Waals surface area contributed by atoms with E-state index in [1.165, 1.54) is 6.07 Å². The Labute approximate surface area is 199 Å². The number of aliphatic imine (C=N–C) groups is 1. The minimum Gasteiger partial charge on any atom is -0.357 e. The molecule has 0 saturated carbocycles. The van der Waals surface area contributed by atoms with Crippen LogP contribution in [-0.4, -0.2) is 54.1 Å². The van der Waals surface area contributed by atoms with Crippen molar-refractivity contribution in [3.05, 3.63) is 48.0 Å². The summed E-state index contributed by atoms with van der Waals surface area (Å²) in [6.07, 6.45) is 2.70. The predicted octanol–water partition coefficient (Wildman–Crippen LogP) is 2.70. The van der Waals surface area contributed by atoms with Gasteiger partial charge < -0.3 is 20.9 Å². The Morgan fingerprint density at radius 3 is 2.90 bits per heavy atom. The third-order valence-corrected chi connectivity index (χ3v) is 4.68. The van der Waals surface area contributed by atoms with E-state index in [0.29, 0.717) is 37.2 Å². The van der Waals surface area contributed by atoms with Crippen LogP contribution in [0.25, 0.3) is 0 Å². The molecule has 2 aromatic rings. The summed E-state index contributed by atoms with van der Waals surface area (Å²) in [6.45, 7) is 6.27. The number of hydrogen-bond donors (Lipinski definition) is 3. The molecule has 0 radical (unpaired) electrons. The molecule has 1 unspecified atom stereocenters. The molecule has 1 amide bonds. The number of aryl methyl sites for hydroxylation is 1. The van der Waals surface area contributed by atoms with Gasteiger partial charge in [-0.1, -0.05) is 6.07 Å². The lowest BCUT2D eigenvalue weighted by atomic mass is 10.3. The van der Waals surface area contributed by atoms with Gasteiger partial charge in [-0.2, -0.15) is 0 Å². The minimum atomic E-state index is -0.312. The van der Waals surface area contributed by atoms with Crippen LogP contribution >= 0.6 is 24.0 Å². The highest BCUT2D eigenvalue weighted by Gasteiger charge is 2.25. The summed E-state index contributed by atoms with van der Waals surface area (Å²) in [6, 6.07) is 8.62. The molecule has 1 aliphatic heterocycles. The van der Waals surface area contributed by atoms with Crippen molar-refractivity contribution in [1.82, 2.24) is 20.6 Å². The fourth-order valence-corrected chi connectivity index (χ4v) is 3.28. The number of nitrogens with zero attached hydrogens (tertiary/aromatic N) is 4. The number of carbonyl (C=O) groups excluding carboxylic acids is 1. The van der Waals surface area contributed by atoms with Crippen LogP contribution in [-0.2, 0) is 4.79 Å². The van der Waals surface area contributed by atoms with Gasteiger partial charge >= 0.3 is 0 Å². The first-order valence-electron chi connectivity index (χ1n) is 10.2. The summed E-state index contributed by atoms with van der Waals surface area (Å²) in [7, 11) is 0. The number of carbonyl (C=O) groups is 1. The van der Waals surface area contributed by atoms with E-state index in [1.54, 1.807) is 18.3 Å². The highest BCUT2D eigenvalue weighted by atomic mass is 127. The lowest BCUT2D eigenvalue weighted by molar-refractivity contribution is -0.116. The maximum absolute atomic E-state index is 14.0. The van der Waals surface area contributed by atoms with Crippen LogP contribution in [0, 0.1) is 12.7 Å². The number of rotatable bonds is 7. The third kappa shape index (κ3) is 7.60. The predicted molar refractivity (Wildman–Crippen MR) is 132 cm³/mol. The van der Waals surface area contributed by atoms with Crippen molar-refractivity contribution in [3.63, 3.8) is 0 Å². The van der Waals surface area contributed by atoms with E-state index in [1.807, 2.05) is 30.9 Å². The second-order valence-corrected chi connectivity index (χ2v) is 7.11. The van der Waals surface area contributed by atoms with Gasteiger partial charge in [-0.15, -0.1) is 24.0 Å². The van der Waals surface area contributed by atoms with E-state index in [9.17, 15) is 9.18 Å². The van der Waals surface area contributed by atoms with Gasteiger partial charge in [0.05, 0.1) is 6.54 Å². The molecule has 2 aromatic heterocycles. The molecule has 1 saturated heterocycles. The molecule has 31 heavy (non-hydrogen) atoms. The molecule has 8 nitrogen and oxygen atoms in total. The van der Waals surface area contributed by atoms with Gasteiger partial charge in [-0.3, -0.25) is 9.79 Å². The fourth-order valence-electron chi connectivity index (χ4n) is 3.28. The first-order valence-corrected chi connectivity index (χ1v) is 10.2. The summed E-state index contributed by atoms with van der Waals surface area (Å²) >= 11 is 0. The molecule has 1 atom stereocenters. The summed E-state index contributed by atoms with van der Waals surface area (Å²) in [4.78, 5) is 27.0. The van der Waals surface area contributed by atoms with Crippen LogP contribution in [0.2, 0.25) is 0 Å². The van der Waals surface area contributed by atoms with Crippen molar-refractivity contribution >= 4 is 47.5 Å². The molecule has 3 rings (SSSR count). The highest BCUT2D eigenvalue weighted by molar-refractivity contribution is 14.0. The maximum atomic E-state index is 14.0. The number of guanidine groups is 1. The van der Waals surface area contributed by atoms with E-state index in [-0.39, 0.29) is 48.2 Å². The smallest absolute Gasteiger partial charge is 0.227 e. The molecule has 168 valence electrons. The first kappa shape index (κ1) is 24.8. The Balaban J connectivity index is 0.00000341. The molecule has 10 heteroatoms. The second kappa shape index (κ2) is 12.4. The molecule has 0 bridgehead atoms. The Kier molecular flexibility index (Phi) is 9.89. The summed E-state index contributed by atoms with van der Waals surface area (Å²) in [5.74, 6) is 1.12. The van der Waals surface area contributed by atoms with Crippen molar-refractivity contribution in [2.45, 2.75) is 32.7 Å². The topological polar surface area (TPSA) is 94.5 Å². The van der Waals surface area contributed by atoms with E-state index >= 15 is 0 Å². The third-order valence-electron chi connectivity index (χ3n) is 4.68. The van der Waals surface area contributed by atoms with Crippen molar-refractivity contribution in [2.24, 2.45) is 4.99 Å². The van der Waals surface area contributed by atoms with Crippen LogP contribution in [0.4, 0.5) is 16.0 Å². The Morgan fingerprint density at radius 1 is 1.32 bits per heavy atom. The first-order chi connectivity index (χ1) is 14.5. The average molecular weight is 541 g/mol. The van der Waals surface area contributed by atoms with Gasteiger partial charge in [0.25, 0.3) is 0 Å². The molecule has 3 heterocycles. The largest absolute Gasteiger partial charge is 0.357 e. The molecule has 0 spiro atoms. The van der Waals surface area contributed by atoms with Gasteiger partial charge in [0.2, 0.25) is 5.91 Å². The lowest BCUT2D eigenvalue weighted by Gasteiger charge is -2.19. The van der Waals surface area contributed by atoms with E-state index in [4.69, 9.17) is 0 Å². The van der Waals surface area contributed by atoms with E-state index in [2.05, 4.69) is 30.9 Å². The van der Waals surface area contributed by atoms with E-state index < -0.39 is 0 Å². The lowest BCUT2D eigenvalue weighted by Crippen LogP contribution is -2.44. The van der Waals surface area contributed by atoms with Crippen LogP contribution < -0.4 is 20.9 Å². The molecule has 3 N–H and O–H groups in total. The SMILES string of the molecule is CCNC(=NCCC(=O)Nc1cccc(C)n1)NC1CCN(c2ncccc2F)C1.I. The highest BCUT2D eigenvalue weighted by Crippen LogP contribution is 2.20. The molecule has 1 fully saturated rings. The van der Waals surface area contributed by atoms with Gasteiger partial charge in [0.15, 0.2) is 17.6 Å².